The minimum absolute atomic E-state index is 0.120. The molecule has 1 aliphatic heterocycles. The Balaban J connectivity index is 2.29. The predicted octanol–water partition coefficient (Wildman–Crippen LogP) is 1.71. The predicted molar refractivity (Wildman–Crippen MR) is 73.4 cm³/mol. The van der Waals surface area contributed by atoms with Crippen LogP contribution in [0, 0.1) is 12.7 Å². The third-order valence-corrected chi connectivity index (χ3v) is 3.94. The van der Waals surface area contributed by atoms with E-state index in [-0.39, 0.29) is 24.2 Å². The maximum Gasteiger partial charge on any atom is 0.246 e. The number of hydrogen-bond donors (Lipinski definition) is 0. The summed E-state index contributed by atoms with van der Waals surface area (Å²) in [6, 6.07) is 3.71. The monoisotopic (exact) mass is 278 g/mol. The molecule has 0 bridgehead atoms. The third kappa shape index (κ3) is 2.40. The number of halogens is 1. The van der Waals surface area contributed by atoms with Gasteiger partial charge in [0.25, 0.3) is 0 Å². The Hall–Kier alpha value is -1.91. The molecule has 2 amide bonds. The summed E-state index contributed by atoms with van der Waals surface area (Å²) in [6.45, 7) is 5.35. The number of benzene rings is 1. The van der Waals surface area contributed by atoms with Crippen molar-refractivity contribution in [1.29, 1.82) is 0 Å². The lowest BCUT2D eigenvalue weighted by Gasteiger charge is -2.41. The van der Waals surface area contributed by atoms with Crippen molar-refractivity contribution in [1.82, 2.24) is 9.80 Å². The van der Waals surface area contributed by atoms with Gasteiger partial charge < -0.3 is 9.80 Å². The quantitative estimate of drug-likeness (QED) is 0.826. The van der Waals surface area contributed by atoms with E-state index in [1.54, 1.807) is 33.0 Å². The lowest BCUT2D eigenvalue weighted by molar-refractivity contribution is -0.159. The minimum Gasteiger partial charge on any atom is -0.332 e. The van der Waals surface area contributed by atoms with Crippen LogP contribution in [0.1, 0.15) is 25.0 Å². The van der Waals surface area contributed by atoms with Crippen molar-refractivity contribution in [2.24, 2.45) is 0 Å². The molecule has 4 nitrogen and oxygen atoms in total. The standard InChI is InChI=1S/C15H19FN2O2/c1-9-5-6-13(16)12(7-9)8-18-11(3)14(19)17(4)10(2)15(18)20/h5-7,10-11H,8H2,1-4H3/t10-,11-/m0/s1. The normalized spacial score (nSPS) is 23.4. The van der Waals surface area contributed by atoms with Gasteiger partial charge in [-0.15, -0.1) is 0 Å². The van der Waals surface area contributed by atoms with E-state index in [9.17, 15) is 14.0 Å². The molecular formula is C15H19FN2O2. The first kappa shape index (κ1) is 14.5. The SMILES string of the molecule is Cc1ccc(F)c(CN2C(=O)[C@H](C)N(C)C(=O)[C@@H]2C)c1. The Morgan fingerprint density at radius 3 is 2.45 bits per heavy atom. The molecule has 1 heterocycles. The highest BCUT2D eigenvalue weighted by molar-refractivity contribution is 5.96. The highest BCUT2D eigenvalue weighted by Crippen LogP contribution is 2.21. The second kappa shape index (κ2) is 5.23. The number of likely N-dealkylation sites (N-methyl/N-ethyl adjacent to an activating group) is 1. The van der Waals surface area contributed by atoms with Crippen LogP contribution in [-0.4, -0.2) is 40.7 Å². The van der Waals surface area contributed by atoms with Crippen LogP contribution in [-0.2, 0) is 16.1 Å². The Kier molecular flexibility index (Phi) is 3.79. The molecule has 1 aliphatic rings. The van der Waals surface area contributed by atoms with Gasteiger partial charge in [0.2, 0.25) is 11.8 Å². The van der Waals surface area contributed by atoms with E-state index in [2.05, 4.69) is 0 Å². The molecule has 5 heteroatoms. The molecule has 0 aliphatic carbocycles. The van der Waals surface area contributed by atoms with Crippen molar-refractivity contribution < 1.29 is 14.0 Å². The molecule has 1 fully saturated rings. The lowest BCUT2D eigenvalue weighted by Crippen LogP contribution is -2.61. The molecule has 0 unspecified atom stereocenters. The third-order valence-electron chi connectivity index (χ3n) is 3.94. The molecule has 108 valence electrons. The van der Waals surface area contributed by atoms with Crippen LogP contribution in [0.3, 0.4) is 0 Å². The summed E-state index contributed by atoms with van der Waals surface area (Å²) in [5.41, 5.74) is 1.37. The van der Waals surface area contributed by atoms with E-state index in [0.29, 0.717) is 5.56 Å². The van der Waals surface area contributed by atoms with Crippen LogP contribution in [0.4, 0.5) is 4.39 Å². The largest absolute Gasteiger partial charge is 0.332 e. The van der Waals surface area contributed by atoms with E-state index >= 15 is 0 Å². The van der Waals surface area contributed by atoms with Crippen LogP contribution in [0.15, 0.2) is 18.2 Å². The summed E-state index contributed by atoms with van der Waals surface area (Å²) in [6.07, 6.45) is 0. The fraction of sp³-hybridized carbons (Fsp3) is 0.467. The fourth-order valence-corrected chi connectivity index (χ4v) is 2.44. The summed E-state index contributed by atoms with van der Waals surface area (Å²) >= 11 is 0. The van der Waals surface area contributed by atoms with Crippen LogP contribution in [0.25, 0.3) is 0 Å². The van der Waals surface area contributed by atoms with Crippen molar-refractivity contribution in [3.8, 4) is 0 Å². The zero-order valence-electron chi connectivity index (χ0n) is 12.2. The number of carbonyl (C=O) groups is 2. The maximum absolute atomic E-state index is 13.8. The molecule has 1 aromatic rings. The molecule has 2 rings (SSSR count). The average molecular weight is 278 g/mol. The molecule has 0 saturated carbocycles. The molecule has 2 atom stereocenters. The first-order chi connectivity index (χ1) is 9.32. The first-order valence-corrected chi connectivity index (χ1v) is 6.65. The van der Waals surface area contributed by atoms with E-state index in [1.807, 2.05) is 6.92 Å². The number of piperazine rings is 1. The van der Waals surface area contributed by atoms with Gasteiger partial charge in [-0.1, -0.05) is 17.7 Å². The zero-order valence-corrected chi connectivity index (χ0v) is 12.2. The molecular weight excluding hydrogens is 259 g/mol. The van der Waals surface area contributed by atoms with Crippen LogP contribution in [0.2, 0.25) is 0 Å². The molecule has 1 aromatic carbocycles. The minimum atomic E-state index is -0.566. The summed E-state index contributed by atoms with van der Waals surface area (Å²) in [5, 5.41) is 0. The number of aryl methyl sites for hydroxylation is 1. The Morgan fingerprint density at radius 2 is 1.80 bits per heavy atom. The van der Waals surface area contributed by atoms with E-state index < -0.39 is 12.1 Å². The van der Waals surface area contributed by atoms with E-state index in [0.717, 1.165) is 5.56 Å². The van der Waals surface area contributed by atoms with Crippen molar-refractivity contribution in [3.63, 3.8) is 0 Å². The van der Waals surface area contributed by atoms with Gasteiger partial charge in [-0.05, 0) is 26.8 Å². The van der Waals surface area contributed by atoms with Crippen molar-refractivity contribution in [2.45, 2.75) is 39.4 Å². The highest BCUT2D eigenvalue weighted by atomic mass is 19.1. The number of carbonyl (C=O) groups excluding carboxylic acids is 2. The van der Waals surface area contributed by atoms with Gasteiger partial charge in [0.15, 0.2) is 0 Å². The maximum atomic E-state index is 13.8. The van der Waals surface area contributed by atoms with Crippen molar-refractivity contribution in [2.75, 3.05) is 7.05 Å². The Morgan fingerprint density at radius 1 is 1.15 bits per heavy atom. The second-order valence-electron chi connectivity index (χ2n) is 5.36. The van der Waals surface area contributed by atoms with Gasteiger partial charge in [-0.3, -0.25) is 9.59 Å². The van der Waals surface area contributed by atoms with Crippen LogP contribution in [0.5, 0.6) is 0 Å². The average Bonchev–Trinajstić information content (AvgIpc) is 2.43. The van der Waals surface area contributed by atoms with Crippen molar-refractivity contribution in [3.05, 3.63) is 35.1 Å². The summed E-state index contributed by atoms with van der Waals surface area (Å²) in [4.78, 5) is 27.3. The van der Waals surface area contributed by atoms with Gasteiger partial charge in [0, 0.05) is 19.2 Å². The summed E-state index contributed by atoms with van der Waals surface area (Å²) < 4.78 is 13.8. The first-order valence-electron chi connectivity index (χ1n) is 6.65. The number of hydrogen-bond acceptors (Lipinski definition) is 2. The topological polar surface area (TPSA) is 40.6 Å². The number of amides is 2. The van der Waals surface area contributed by atoms with Crippen LogP contribution < -0.4 is 0 Å². The van der Waals surface area contributed by atoms with E-state index in [1.165, 1.54) is 15.9 Å². The lowest BCUT2D eigenvalue weighted by atomic mass is 10.0. The summed E-state index contributed by atoms with van der Waals surface area (Å²) in [7, 11) is 1.62. The Labute approximate surface area is 118 Å². The number of nitrogens with zero attached hydrogens (tertiary/aromatic N) is 2. The molecule has 1 saturated heterocycles. The molecule has 0 spiro atoms. The zero-order chi connectivity index (χ0) is 15.0. The molecule has 0 radical (unpaired) electrons. The number of rotatable bonds is 2. The second-order valence-corrected chi connectivity index (χ2v) is 5.36. The van der Waals surface area contributed by atoms with Gasteiger partial charge >= 0.3 is 0 Å². The van der Waals surface area contributed by atoms with Gasteiger partial charge in [0.05, 0.1) is 0 Å². The van der Waals surface area contributed by atoms with E-state index in [4.69, 9.17) is 0 Å². The van der Waals surface area contributed by atoms with Gasteiger partial charge in [-0.25, -0.2) is 4.39 Å². The molecule has 0 N–H and O–H groups in total. The molecule has 20 heavy (non-hydrogen) atoms. The molecule has 0 aromatic heterocycles. The van der Waals surface area contributed by atoms with Crippen molar-refractivity contribution >= 4 is 11.8 Å². The smallest absolute Gasteiger partial charge is 0.246 e. The van der Waals surface area contributed by atoms with Gasteiger partial charge in [-0.2, -0.15) is 0 Å². The fourth-order valence-electron chi connectivity index (χ4n) is 2.44. The Bertz CT molecular complexity index is 559. The highest BCUT2D eigenvalue weighted by Gasteiger charge is 2.39. The van der Waals surface area contributed by atoms with Gasteiger partial charge in [0.1, 0.15) is 17.9 Å². The summed E-state index contributed by atoms with van der Waals surface area (Å²) in [5.74, 6) is -0.625. The van der Waals surface area contributed by atoms with Crippen LogP contribution >= 0.6 is 0 Å².